The lowest BCUT2D eigenvalue weighted by atomic mass is 9.81. The van der Waals surface area contributed by atoms with Crippen molar-refractivity contribution in [3.05, 3.63) is 36.0 Å². The number of likely N-dealkylation sites (tertiary alicyclic amines) is 1. The molecular weight excluding hydrogens is 734 g/mol. The minimum Gasteiger partial charge on any atom is -0.456 e. The summed E-state index contributed by atoms with van der Waals surface area (Å²) in [4.78, 5) is 56.8. The molecule has 3 fully saturated rings. The lowest BCUT2D eigenvalue weighted by Gasteiger charge is -2.44. The zero-order chi connectivity index (χ0) is 42.6. The first-order valence-corrected chi connectivity index (χ1v) is 20.9. The Morgan fingerprint density at radius 1 is 0.982 bits per heavy atom. The maximum Gasteiger partial charge on any atom is 0.329 e. The van der Waals surface area contributed by atoms with Gasteiger partial charge in [-0.2, -0.15) is 0 Å². The fourth-order valence-electron chi connectivity index (χ4n) is 8.53. The summed E-state index contributed by atoms with van der Waals surface area (Å²) >= 11 is 0. The molecule has 2 heterocycles. The number of carbonyl (C=O) groups excluding carboxylic acids is 4. The highest BCUT2D eigenvalue weighted by Crippen LogP contribution is 2.37. The van der Waals surface area contributed by atoms with Crippen LogP contribution in [-0.2, 0) is 42.9 Å². The summed E-state index contributed by atoms with van der Waals surface area (Å²) in [5, 5.41) is 33.6. The predicted molar refractivity (Wildman–Crippen MR) is 214 cm³/mol. The number of carbonyl (C=O) groups is 4. The largest absolute Gasteiger partial charge is 0.456 e. The van der Waals surface area contributed by atoms with E-state index in [2.05, 4.69) is 20.4 Å². The van der Waals surface area contributed by atoms with Crippen molar-refractivity contribution >= 4 is 23.4 Å². The number of aliphatic hydroxyl groups excluding tert-OH is 2. The van der Waals surface area contributed by atoms with E-state index in [4.69, 9.17) is 23.7 Å². The van der Waals surface area contributed by atoms with Gasteiger partial charge < -0.3 is 43.9 Å². The number of hydrogen-bond donors (Lipinski definition) is 3. The third-order valence-corrected chi connectivity index (χ3v) is 12.4. The standard InChI is InChI=1S/C44H71NO12/c1-11-15-32(21-27(4)20-26(3)12-2)36(48)25-35(47)30(7)39(28(5)22-31-17-18-34(46)37(24-31)53-8)56-42(51)33-16-13-14-19-45(33)41(50)40(49)44(52)29(6)23-38(54-9)43(55-10)57-44/h11,21-22,26,29-35,37-39,43,46-47,52H,1,12-20,23-25H2,2-10H3/b27-21+,28-22+/t26-,29-,30-,31+,32-,33+,34-,35+,37-,38+,39-,43+,44-/m1/s1. The summed E-state index contributed by atoms with van der Waals surface area (Å²) in [5.41, 5.74) is 1.75. The Labute approximate surface area is 340 Å². The molecule has 0 aromatic rings. The van der Waals surface area contributed by atoms with Crippen molar-refractivity contribution in [2.24, 2.45) is 29.6 Å². The second-order valence-corrected chi connectivity index (χ2v) is 16.8. The van der Waals surface area contributed by atoms with E-state index in [1.165, 1.54) is 14.2 Å². The third-order valence-electron chi connectivity index (χ3n) is 12.4. The molecule has 57 heavy (non-hydrogen) atoms. The summed E-state index contributed by atoms with van der Waals surface area (Å²) in [6.45, 7) is 15.3. The van der Waals surface area contributed by atoms with E-state index < -0.39 is 77.9 Å². The van der Waals surface area contributed by atoms with Crippen LogP contribution < -0.4 is 0 Å². The number of rotatable bonds is 20. The second-order valence-electron chi connectivity index (χ2n) is 16.8. The molecule has 0 aromatic heterocycles. The van der Waals surface area contributed by atoms with E-state index >= 15 is 0 Å². The van der Waals surface area contributed by atoms with E-state index in [9.17, 15) is 34.5 Å². The highest BCUT2D eigenvalue weighted by Gasteiger charge is 2.55. The number of aliphatic hydroxyl groups is 3. The molecular formula is C44H71NO12. The van der Waals surface area contributed by atoms with Crippen LogP contribution in [0.3, 0.4) is 0 Å². The number of hydrogen-bond acceptors (Lipinski definition) is 12. The number of piperidine rings is 1. The monoisotopic (exact) mass is 805 g/mol. The fraction of sp³-hybridized carbons (Fsp3) is 0.773. The van der Waals surface area contributed by atoms with Crippen LogP contribution in [0.25, 0.3) is 0 Å². The highest BCUT2D eigenvalue weighted by molar-refractivity contribution is 6.39. The topological polar surface area (TPSA) is 178 Å². The Balaban J connectivity index is 1.90. The minimum absolute atomic E-state index is 0.0154. The van der Waals surface area contributed by atoms with Gasteiger partial charge in [-0.25, -0.2) is 4.79 Å². The van der Waals surface area contributed by atoms with Crippen molar-refractivity contribution in [1.82, 2.24) is 4.90 Å². The van der Waals surface area contributed by atoms with Gasteiger partial charge in [0.05, 0.1) is 18.3 Å². The molecule has 0 radical (unpaired) electrons. The first kappa shape index (κ1) is 48.6. The van der Waals surface area contributed by atoms with Crippen molar-refractivity contribution in [3.63, 3.8) is 0 Å². The Morgan fingerprint density at radius 2 is 1.67 bits per heavy atom. The maximum absolute atomic E-state index is 14.3. The Hall–Kier alpha value is -2.78. The average molecular weight is 806 g/mol. The number of methoxy groups -OCH3 is 3. The maximum atomic E-state index is 14.3. The van der Waals surface area contributed by atoms with Gasteiger partial charge in [0.15, 0.2) is 6.29 Å². The normalized spacial score (nSPS) is 31.4. The van der Waals surface area contributed by atoms with Gasteiger partial charge >= 0.3 is 5.97 Å². The van der Waals surface area contributed by atoms with Gasteiger partial charge in [0, 0.05) is 52.0 Å². The van der Waals surface area contributed by atoms with Crippen LogP contribution in [0.4, 0.5) is 0 Å². The highest BCUT2D eigenvalue weighted by atomic mass is 16.8. The number of ether oxygens (including phenoxy) is 5. The number of Topliss-reactive ketones (excluding diaryl/α,β-unsaturated/α-hetero) is 2. The minimum atomic E-state index is -2.51. The van der Waals surface area contributed by atoms with Crippen LogP contribution in [0.1, 0.15) is 112 Å². The molecule has 0 aromatic carbocycles. The smallest absolute Gasteiger partial charge is 0.329 e. The summed E-state index contributed by atoms with van der Waals surface area (Å²) in [5.74, 6) is -7.29. The van der Waals surface area contributed by atoms with Crippen LogP contribution in [0.2, 0.25) is 0 Å². The molecule has 1 aliphatic carbocycles. The van der Waals surface area contributed by atoms with Crippen molar-refractivity contribution in [2.45, 2.75) is 161 Å². The molecule has 1 amide bonds. The van der Waals surface area contributed by atoms with E-state index in [-0.39, 0.29) is 43.6 Å². The zero-order valence-electron chi connectivity index (χ0n) is 35.8. The Kier molecular flexibility index (Phi) is 19.2. The quantitative estimate of drug-likeness (QED) is 0.0831. The summed E-state index contributed by atoms with van der Waals surface area (Å²) in [7, 11) is 4.36. The number of esters is 1. The van der Waals surface area contributed by atoms with Gasteiger partial charge in [-0.15, -0.1) is 6.58 Å². The zero-order valence-corrected chi connectivity index (χ0v) is 35.8. The van der Waals surface area contributed by atoms with Crippen molar-refractivity contribution in [3.8, 4) is 0 Å². The van der Waals surface area contributed by atoms with Crippen molar-refractivity contribution in [1.29, 1.82) is 0 Å². The van der Waals surface area contributed by atoms with E-state index in [1.807, 2.05) is 26.0 Å². The lowest BCUT2D eigenvalue weighted by molar-refractivity contribution is -0.337. The second kappa shape index (κ2) is 22.6. The molecule has 13 heteroatoms. The summed E-state index contributed by atoms with van der Waals surface area (Å²) in [6.07, 6.45) is 6.19. The molecule has 2 saturated heterocycles. The van der Waals surface area contributed by atoms with Crippen LogP contribution in [0.5, 0.6) is 0 Å². The SMILES string of the molecule is C=CC[C@H](/C=C(\C)C[C@H](C)CC)C(=O)C[C@H](O)[C@@H](C)[C@H](OC(=O)[C@@H]1CCCCN1C(=O)C(=O)[C@]1(O)O[C@H](OC)[C@@H](OC)C[C@H]1C)/C(C)=C/[C@@H]1CC[C@@H](O)[C@H](OC)C1. The number of nitrogens with zero attached hydrogens (tertiary/aromatic N) is 1. The van der Waals surface area contributed by atoms with Crippen LogP contribution >= 0.6 is 0 Å². The molecule has 2 aliphatic heterocycles. The third kappa shape index (κ3) is 12.6. The molecule has 0 bridgehead atoms. The molecule has 0 unspecified atom stereocenters. The first-order valence-electron chi connectivity index (χ1n) is 20.9. The van der Waals surface area contributed by atoms with Crippen molar-refractivity contribution in [2.75, 3.05) is 27.9 Å². The average Bonchev–Trinajstić information content (AvgIpc) is 3.19. The van der Waals surface area contributed by atoms with Gasteiger partial charge in [0.1, 0.15) is 24.0 Å². The first-order chi connectivity index (χ1) is 26.9. The van der Waals surface area contributed by atoms with Gasteiger partial charge in [-0.05, 0) is 89.0 Å². The lowest BCUT2D eigenvalue weighted by Crippen LogP contribution is -2.63. The predicted octanol–water partition coefficient (Wildman–Crippen LogP) is 5.23. The van der Waals surface area contributed by atoms with E-state index in [0.717, 1.165) is 23.3 Å². The van der Waals surface area contributed by atoms with E-state index in [1.54, 1.807) is 27.0 Å². The van der Waals surface area contributed by atoms with Crippen LogP contribution in [-0.4, -0.2) is 120 Å². The molecule has 13 atom stereocenters. The van der Waals surface area contributed by atoms with Gasteiger partial charge in [0.25, 0.3) is 11.7 Å². The fourth-order valence-corrected chi connectivity index (χ4v) is 8.53. The van der Waals surface area contributed by atoms with Crippen LogP contribution in [0.15, 0.2) is 36.0 Å². The molecule has 3 N–H and O–H groups in total. The number of ketones is 2. The molecule has 3 aliphatic rings. The molecule has 13 nitrogen and oxygen atoms in total. The van der Waals surface area contributed by atoms with Gasteiger partial charge in [0.2, 0.25) is 5.79 Å². The molecule has 0 spiro atoms. The van der Waals surface area contributed by atoms with E-state index in [0.29, 0.717) is 50.0 Å². The van der Waals surface area contributed by atoms with Crippen molar-refractivity contribution < 1.29 is 58.2 Å². The van der Waals surface area contributed by atoms with Crippen LogP contribution in [0, 0.1) is 29.6 Å². The summed E-state index contributed by atoms with van der Waals surface area (Å²) in [6, 6.07) is -1.15. The summed E-state index contributed by atoms with van der Waals surface area (Å²) < 4.78 is 28.1. The molecule has 1 saturated carbocycles. The van der Waals surface area contributed by atoms with Gasteiger partial charge in [-0.3, -0.25) is 14.4 Å². The molecule has 324 valence electrons. The Morgan fingerprint density at radius 3 is 2.28 bits per heavy atom. The number of allylic oxidation sites excluding steroid dienone is 4. The molecule has 3 rings (SSSR count). The Bertz CT molecular complexity index is 1430. The number of amides is 1. The van der Waals surface area contributed by atoms with Gasteiger partial charge in [-0.1, -0.05) is 57.9 Å².